The second-order valence-corrected chi connectivity index (χ2v) is 6.66. The molecule has 0 aromatic carbocycles. The molecule has 0 aromatic heterocycles. The van der Waals surface area contributed by atoms with Crippen molar-refractivity contribution in [3.8, 4) is 0 Å². The molecule has 134 valence electrons. The van der Waals surface area contributed by atoms with Crippen molar-refractivity contribution in [1.82, 2.24) is 0 Å². The average Bonchev–Trinajstić information content (AvgIpc) is 3.30. The highest BCUT2D eigenvalue weighted by atomic mass is 16.5. The zero-order chi connectivity index (χ0) is 17.1. The van der Waals surface area contributed by atoms with Gasteiger partial charge >= 0.3 is 5.97 Å². The van der Waals surface area contributed by atoms with Gasteiger partial charge in [0.15, 0.2) is 0 Å². The molecule has 1 rings (SSSR count). The van der Waals surface area contributed by atoms with Crippen LogP contribution in [0.15, 0.2) is 11.3 Å². The Morgan fingerprint density at radius 3 is 2.35 bits per heavy atom. The molecule has 0 aromatic rings. The van der Waals surface area contributed by atoms with E-state index in [9.17, 15) is 4.79 Å². The quantitative estimate of drug-likeness (QED) is 0.245. The van der Waals surface area contributed by atoms with Gasteiger partial charge in [0.2, 0.25) is 0 Å². The molecular weight excluding hydrogens is 288 g/mol. The summed E-state index contributed by atoms with van der Waals surface area (Å²) in [6.45, 7) is 6.27. The lowest BCUT2D eigenvalue weighted by atomic mass is 9.99. The Balaban J connectivity index is 2.17. The number of rotatable bonds is 13. The Kier molecular flexibility index (Phi) is 10.1. The summed E-state index contributed by atoms with van der Waals surface area (Å²) in [5, 5.41) is 0. The molecule has 0 heterocycles. The molecule has 3 nitrogen and oxygen atoms in total. The molecule has 0 spiro atoms. The van der Waals surface area contributed by atoms with Crippen LogP contribution in [0.25, 0.3) is 0 Å². The molecule has 0 saturated heterocycles. The second kappa shape index (κ2) is 11.5. The van der Waals surface area contributed by atoms with Crippen molar-refractivity contribution in [2.24, 2.45) is 5.92 Å². The molecule has 0 aliphatic heterocycles. The number of carbonyl (C=O) groups is 1. The average molecular weight is 325 g/mol. The molecule has 1 aliphatic carbocycles. The summed E-state index contributed by atoms with van der Waals surface area (Å²) >= 11 is 0. The van der Waals surface area contributed by atoms with E-state index in [1.54, 1.807) is 7.11 Å². The largest absolute Gasteiger partial charge is 0.501 e. The summed E-state index contributed by atoms with van der Waals surface area (Å²) in [6.07, 6.45) is 12.6. The third-order valence-corrected chi connectivity index (χ3v) is 4.78. The fourth-order valence-corrected chi connectivity index (χ4v) is 3.17. The van der Waals surface area contributed by atoms with Crippen molar-refractivity contribution >= 4 is 5.97 Å². The van der Waals surface area contributed by atoms with E-state index in [-0.39, 0.29) is 12.1 Å². The van der Waals surface area contributed by atoms with Gasteiger partial charge in [0.1, 0.15) is 6.10 Å². The summed E-state index contributed by atoms with van der Waals surface area (Å²) in [7, 11) is 1.80. The van der Waals surface area contributed by atoms with E-state index in [2.05, 4.69) is 13.8 Å². The van der Waals surface area contributed by atoms with Crippen LogP contribution in [-0.4, -0.2) is 19.2 Å². The van der Waals surface area contributed by atoms with Gasteiger partial charge in [-0.25, -0.2) is 0 Å². The molecule has 1 fully saturated rings. The minimum Gasteiger partial charge on any atom is -0.501 e. The standard InChI is InChI=1S/C20H36O3/c1-5-8-12-16(18(6-2)22-4)13-10-9-11-14-17-15-19(17)23-20(21)7-3/h17,19H,5-15H2,1-4H3. The summed E-state index contributed by atoms with van der Waals surface area (Å²) in [6, 6.07) is 0. The van der Waals surface area contributed by atoms with Crippen molar-refractivity contribution in [2.75, 3.05) is 7.11 Å². The van der Waals surface area contributed by atoms with Crippen LogP contribution in [0.5, 0.6) is 0 Å². The van der Waals surface area contributed by atoms with Crippen LogP contribution in [0.4, 0.5) is 0 Å². The normalized spacial score (nSPS) is 20.9. The van der Waals surface area contributed by atoms with Crippen LogP contribution >= 0.6 is 0 Å². The first-order valence-corrected chi connectivity index (χ1v) is 9.60. The first-order chi connectivity index (χ1) is 11.2. The summed E-state index contributed by atoms with van der Waals surface area (Å²) in [5.41, 5.74) is 1.53. The maximum Gasteiger partial charge on any atom is 0.305 e. The van der Waals surface area contributed by atoms with E-state index in [1.165, 1.54) is 62.7 Å². The fraction of sp³-hybridized carbons (Fsp3) is 0.850. The van der Waals surface area contributed by atoms with Crippen LogP contribution in [0.3, 0.4) is 0 Å². The summed E-state index contributed by atoms with van der Waals surface area (Å²) < 4.78 is 10.9. The molecule has 2 unspecified atom stereocenters. The van der Waals surface area contributed by atoms with Crippen LogP contribution in [-0.2, 0) is 14.3 Å². The maximum absolute atomic E-state index is 11.2. The Bertz CT molecular complexity index is 367. The smallest absolute Gasteiger partial charge is 0.305 e. The van der Waals surface area contributed by atoms with Gasteiger partial charge in [0.05, 0.1) is 12.9 Å². The molecule has 2 atom stereocenters. The molecule has 0 amide bonds. The minimum atomic E-state index is -0.0464. The van der Waals surface area contributed by atoms with Gasteiger partial charge in [-0.3, -0.25) is 4.79 Å². The number of methoxy groups -OCH3 is 1. The van der Waals surface area contributed by atoms with E-state index in [0.29, 0.717) is 12.3 Å². The zero-order valence-corrected chi connectivity index (χ0v) is 15.7. The molecule has 23 heavy (non-hydrogen) atoms. The third-order valence-electron chi connectivity index (χ3n) is 4.78. The molecule has 0 N–H and O–H groups in total. The van der Waals surface area contributed by atoms with Crippen LogP contribution in [0, 0.1) is 5.92 Å². The topological polar surface area (TPSA) is 35.5 Å². The van der Waals surface area contributed by atoms with Crippen LogP contribution < -0.4 is 0 Å². The van der Waals surface area contributed by atoms with Crippen LogP contribution in [0.2, 0.25) is 0 Å². The predicted molar refractivity (Wildman–Crippen MR) is 95.2 cm³/mol. The first-order valence-electron chi connectivity index (χ1n) is 9.60. The molecule has 1 saturated carbocycles. The van der Waals surface area contributed by atoms with Crippen molar-refractivity contribution < 1.29 is 14.3 Å². The van der Waals surface area contributed by atoms with Gasteiger partial charge in [-0.1, -0.05) is 40.0 Å². The van der Waals surface area contributed by atoms with Gasteiger partial charge in [-0.15, -0.1) is 0 Å². The molecule has 3 heteroatoms. The summed E-state index contributed by atoms with van der Waals surface area (Å²) in [5.74, 6) is 1.79. The van der Waals surface area contributed by atoms with Gasteiger partial charge in [-0.05, 0) is 50.0 Å². The highest BCUT2D eigenvalue weighted by Gasteiger charge is 2.39. The van der Waals surface area contributed by atoms with E-state index in [1.807, 2.05) is 6.92 Å². The van der Waals surface area contributed by atoms with Gasteiger partial charge in [0, 0.05) is 12.8 Å². The predicted octanol–water partition coefficient (Wildman–Crippen LogP) is 5.78. The Hall–Kier alpha value is -0.990. The van der Waals surface area contributed by atoms with E-state index >= 15 is 0 Å². The lowest BCUT2D eigenvalue weighted by molar-refractivity contribution is -0.145. The number of allylic oxidation sites excluding steroid dienone is 2. The highest BCUT2D eigenvalue weighted by molar-refractivity contribution is 5.69. The Morgan fingerprint density at radius 1 is 1.00 bits per heavy atom. The first kappa shape index (κ1) is 20.1. The Morgan fingerprint density at radius 2 is 1.74 bits per heavy atom. The van der Waals surface area contributed by atoms with Crippen molar-refractivity contribution in [1.29, 1.82) is 0 Å². The fourth-order valence-electron chi connectivity index (χ4n) is 3.17. The number of unbranched alkanes of at least 4 members (excludes halogenated alkanes) is 3. The maximum atomic E-state index is 11.2. The number of hydrogen-bond acceptors (Lipinski definition) is 3. The van der Waals surface area contributed by atoms with E-state index in [4.69, 9.17) is 9.47 Å². The number of ether oxygens (including phenoxy) is 2. The van der Waals surface area contributed by atoms with Crippen molar-refractivity contribution in [3.63, 3.8) is 0 Å². The lowest BCUT2D eigenvalue weighted by Gasteiger charge is -2.13. The van der Waals surface area contributed by atoms with Crippen LogP contribution in [0.1, 0.15) is 91.4 Å². The zero-order valence-electron chi connectivity index (χ0n) is 15.7. The number of carbonyl (C=O) groups excluding carboxylic acids is 1. The summed E-state index contributed by atoms with van der Waals surface area (Å²) in [4.78, 5) is 11.2. The second-order valence-electron chi connectivity index (χ2n) is 6.66. The van der Waals surface area contributed by atoms with E-state index < -0.39 is 0 Å². The van der Waals surface area contributed by atoms with Gasteiger partial charge in [-0.2, -0.15) is 0 Å². The molecule has 0 radical (unpaired) electrons. The lowest BCUT2D eigenvalue weighted by Crippen LogP contribution is -2.05. The van der Waals surface area contributed by atoms with Crippen molar-refractivity contribution in [2.45, 2.75) is 97.5 Å². The minimum absolute atomic E-state index is 0.0464. The SMILES string of the molecule is CCCCC(CCCCCC1CC1OC(=O)CC)=C(CC)OC. The monoisotopic (exact) mass is 324 g/mol. The number of esters is 1. The van der Waals surface area contributed by atoms with Gasteiger partial charge in [0.25, 0.3) is 0 Å². The number of hydrogen-bond donors (Lipinski definition) is 0. The highest BCUT2D eigenvalue weighted by Crippen LogP contribution is 2.38. The van der Waals surface area contributed by atoms with Crippen molar-refractivity contribution in [3.05, 3.63) is 11.3 Å². The molecular formula is C20H36O3. The Labute approximate surface area is 142 Å². The molecule has 1 aliphatic rings. The van der Waals surface area contributed by atoms with Gasteiger partial charge < -0.3 is 9.47 Å². The van der Waals surface area contributed by atoms with E-state index in [0.717, 1.165) is 12.8 Å². The molecule has 0 bridgehead atoms. The third kappa shape index (κ3) is 7.90.